The molecule has 0 aromatic heterocycles. The first-order valence-electron chi connectivity index (χ1n) is 17.9. The van der Waals surface area contributed by atoms with E-state index in [0.29, 0.717) is 5.41 Å². The largest absolute Gasteiger partial charge is 0.748 e. The Balaban J connectivity index is 0.000000662. The first kappa shape index (κ1) is 37.2. The van der Waals surface area contributed by atoms with Crippen LogP contribution in [0.5, 0.6) is 0 Å². The summed E-state index contributed by atoms with van der Waals surface area (Å²) in [5.41, 5.74) is 6.95. The van der Waals surface area contributed by atoms with Crippen molar-refractivity contribution in [2.24, 2.45) is 23.7 Å². The second-order valence-electron chi connectivity index (χ2n) is 17.0. The van der Waals surface area contributed by atoms with Crippen molar-refractivity contribution in [2.45, 2.75) is 96.8 Å². The molecular weight excluding hydrogens is 678 g/mol. The monoisotopic (exact) mass is 736 g/mol. The minimum atomic E-state index is -1.61. The fourth-order valence-electron chi connectivity index (χ4n) is 10.0. The molecule has 258 valence electrons. The van der Waals surface area contributed by atoms with Gasteiger partial charge in [-0.2, -0.15) is 16.8 Å². The Kier molecular flexibility index (Phi) is 11.6. The maximum absolute atomic E-state index is 3.35. The molecule has 0 N–H and O–H groups in total. The predicted octanol–water partition coefficient (Wildman–Crippen LogP) is 9.72. The molecule has 4 saturated carbocycles. The predicted molar refractivity (Wildman–Crippen MR) is 216 cm³/mol. The zero-order valence-corrected chi connectivity index (χ0v) is 35.4. The van der Waals surface area contributed by atoms with Crippen molar-refractivity contribution >= 4 is 54.3 Å². The van der Waals surface area contributed by atoms with Gasteiger partial charge in [0.2, 0.25) is 0 Å². The number of rotatable bonds is 8. The van der Waals surface area contributed by atoms with E-state index in [0.717, 1.165) is 23.7 Å². The second-order valence-corrected chi connectivity index (χ2v) is 29.6. The van der Waals surface area contributed by atoms with E-state index in [1.165, 1.54) is 55.6 Å². The van der Waals surface area contributed by atoms with Crippen LogP contribution in [0.4, 0.5) is 0 Å². The minimum absolute atomic E-state index is 0. The van der Waals surface area contributed by atoms with Crippen LogP contribution in [0, 0.1) is 37.5 Å². The van der Waals surface area contributed by atoms with Gasteiger partial charge in [-0.1, -0.05) is 95.7 Å². The molecule has 4 aliphatic carbocycles. The Morgan fingerprint density at radius 3 is 1.55 bits per heavy atom. The van der Waals surface area contributed by atoms with Crippen molar-refractivity contribution in [3.8, 4) is 0 Å². The number of hydrogen-bond donors (Lipinski definition) is 0. The molecule has 0 aliphatic heterocycles. The van der Waals surface area contributed by atoms with Crippen LogP contribution in [0.3, 0.4) is 0 Å². The molecule has 8 rings (SSSR count). The van der Waals surface area contributed by atoms with Gasteiger partial charge in [0.25, 0.3) is 0 Å². The zero-order chi connectivity index (χ0) is 32.9. The standard InChI is InChI=1S/C37H53P2Si2.C5H5.Fe/c1-25-13-9-11-15-32(25)39(33-16-12-10-14-26(33)2)23-29-22-34(40(3,4)5)36(41(6,7)8)35(29)37(24-38)30-18-27-17-28(20-30)21-31(37)19-27;1-2-4-5-3-1;/h9-16,22,27-28,30-31H,17-21,23-24,38H2,1-8H3;1-5H;/q-1;-5;. The summed E-state index contributed by atoms with van der Waals surface area (Å²) in [5.74, 6) is 3.77. The molecule has 0 radical (unpaired) electrons. The van der Waals surface area contributed by atoms with Crippen LogP contribution < -0.4 is 21.0 Å². The molecule has 0 saturated heterocycles. The fourth-order valence-corrected chi connectivity index (χ4v) is 19.4. The van der Waals surface area contributed by atoms with Gasteiger partial charge in [-0.25, -0.2) is 5.19 Å². The van der Waals surface area contributed by atoms with Crippen LogP contribution in [-0.2, 0) is 28.6 Å². The van der Waals surface area contributed by atoms with Crippen molar-refractivity contribution < 1.29 is 17.1 Å². The van der Waals surface area contributed by atoms with Gasteiger partial charge in [0, 0.05) is 33.2 Å². The third-order valence-corrected chi connectivity index (χ3v) is 19.6. The summed E-state index contributed by atoms with van der Waals surface area (Å²) < 4.78 is 0. The third kappa shape index (κ3) is 7.25. The molecule has 1 atom stereocenters. The Morgan fingerprint density at radius 2 is 1.17 bits per heavy atom. The Morgan fingerprint density at radius 1 is 0.723 bits per heavy atom. The van der Waals surface area contributed by atoms with E-state index < -0.39 is 24.1 Å². The molecule has 0 amide bonds. The van der Waals surface area contributed by atoms with Gasteiger partial charge in [0.1, 0.15) is 0 Å². The zero-order valence-electron chi connectivity index (χ0n) is 30.2. The molecule has 47 heavy (non-hydrogen) atoms. The molecular formula is C42H58FeP2Si2-6. The van der Waals surface area contributed by atoms with Crippen molar-refractivity contribution in [1.29, 1.82) is 0 Å². The van der Waals surface area contributed by atoms with Gasteiger partial charge in [-0.05, 0) is 109 Å². The molecule has 5 heteroatoms. The van der Waals surface area contributed by atoms with Crippen LogP contribution in [0.25, 0.3) is 0 Å². The molecule has 4 aromatic rings. The molecule has 4 bridgehead atoms. The second kappa shape index (κ2) is 14.7. The maximum atomic E-state index is 3.35. The summed E-state index contributed by atoms with van der Waals surface area (Å²) in [4.78, 5) is 0. The summed E-state index contributed by atoms with van der Waals surface area (Å²) in [7, 11) is -0.300. The minimum Gasteiger partial charge on any atom is -0.748 e. The smallest absolute Gasteiger partial charge is 0.00427 e. The number of hydrogen-bond acceptors (Lipinski definition) is 0. The Hall–Kier alpha value is -1.05. The van der Waals surface area contributed by atoms with E-state index >= 15 is 0 Å². The van der Waals surface area contributed by atoms with Crippen LogP contribution >= 0.6 is 17.2 Å². The average Bonchev–Trinajstić information content (AvgIpc) is 3.70. The number of aryl methyl sites for hydroxylation is 2. The summed E-state index contributed by atoms with van der Waals surface area (Å²) in [6.07, 6.45) is 9.94. The van der Waals surface area contributed by atoms with E-state index in [-0.39, 0.29) is 17.1 Å². The van der Waals surface area contributed by atoms with Gasteiger partial charge in [0.05, 0.1) is 0 Å². The Bertz CT molecular complexity index is 1530. The number of benzene rings is 2. The fraction of sp³-hybridized carbons (Fsp3) is 0.476. The van der Waals surface area contributed by atoms with Gasteiger partial charge in [-0.3, -0.25) is 0 Å². The quantitative estimate of drug-likeness (QED) is 0.0961. The topological polar surface area (TPSA) is 0 Å². The van der Waals surface area contributed by atoms with Crippen molar-refractivity contribution in [3.63, 3.8) is 0 Å². The van der Waals surface area contributed by atoms with Crippen molar-refractivity contribution in [2.75, 3.05) is 6.16 Å². The van der Waals surface area contributed by atoms with Crippen LogP contribution in [-0.4, -0.2) is 22.3 Å². The van der Waals surface area contributed by atoms with Crippen LogP contribution in [0.15, 0.2) is 84.9 Å². The van der Waals surface area contributed by atoms with Gasteiger partial charge < -0.3 is 30.3 Å². The first-order chi connectivity index (χ1) is 21.8. The SMILES string of the molecule is Cc1ccccc1P(C[c-]1cc([Si](C)(C)C)c([Si](C)(C)C)c1C1(CP)C2CC3CC(C2)CC1C3)c1ccccc1C.[Fe].[cH-]1[cH-][cH-][cH-][cH-]1. The summed E-state index contributed by atoms with van der Waals surface area (Å²) in [6, 6.07) is 31.4. The molecule has 0 nitrogen and oxygen atoms in total. The van der Waals surface area contributed by atoms with Crippen LogP contribution in [0.1, 0.15) is 54.4 Å². The van der Waals surface area contributed by atoms with E-state index in [1.54, 1.807) is 16.2 Å². The third-order valence-electron chi connectivity index (χ3n) is 11.8. The van der Waals surface area contributed by atoms with Gasteiger partial charge in [0.15, 0.2) is 0 Å². The van der Waals surface area contributed by atoms with E-state index in [1.807, 2.05) is 46.3 Å². The van der Waals surface area contributed by atoms with E-state index in [9.17, 15) is 0 Å². The van der Waals surface area contributed by atoms with E-state index in [4.69, 9.17) is 0 Å². The molecule has 4 aliphatic rings. The maximum Gasteiger partial charge on any atom is 0.00427 e. The molecule has 0 heterocycles. The van der Waals surface area contributed by atoms with E-state index in [2.05, 4.69) is 117 Å². The summed E-state index contributed by atoms with van der Waals surface area (Å²) >= 11 is 0. The Labute approximate surface area is 303 Å². The van der Waals surface area contributed by atoms with Crippen molar-refractivity contribution in [3.05, 3.63) is 107 Å². The normalized spacial score (nSPS) is 25.0. The summed E-state index contributed by atoms with van der Waals surface area (Å²) in [5, 5.41) is 6.89. The van der Waals surface area contributed by atoms with Crippen molar-refractivity contribution in [1.82, 2.24) is 0 Å². The molecule has 0 spiro atoms. The first-order valence-corrected chi connectivity index (χ1v) is 27.3. The summed E-state index contributed by atoms with van der Waals surface area (Å²) in [6.45, 7) is 20.5. The van der Waals surface area contributed by atoms with Gasteiger partial charge >= 0.3 is 0 Å². The van der Waals surface area contributed by atoms with Gasteiger partial charge in [-0.15, -0.1) is 14.8 Å². The average molecular weight is 737 g/mol. The molecule has 4 aromatic carbocycles. The molecule has 1 unspecified atom stereocenters. The van der Waals surface area contributed by atoms with Crippen LogP contribution in [0.2, 0.25) is 39.3 Å². The molecule has 4 fully saturated rings.